The molecule has 1 aliphatic carbocycles. The van der Waals surface area contributed by atoms with Crippen LogP contribution >= 0.6 is 0 Å². The van der Waals surface area contributed by atoms with Gasteiger partial charge in [0.05, 0.1) is 11.7 Å². The van der Waals surface area contributed by atoms with Crippen LogP contribution in [0.4, 0.5) is 0 Å². The Morgan fingerprint density at radius 2 is 2.30 bits per heavy atom. The first kappa shape index (κ1) is 15.8. The van der Waals surface area contributed by atoms with Crippen molar-refractivity contribution in [2.75, 3.05) is 13.7 Å². The molecule has 2 aromatic rings. The van der Waals surface area contributed by atoms with E-state index in [0.29, 0.717) is 0 Å². The molecule has 1 amide bonds. The number of carbonyl (C=O) groups excluding carboxylic acids is 1. The summed E-state index contributed by atoms with van der Waals surface area (Å²) in [7, 11) is 1.53. The highest BCUT2D eigenvalue weighted by molar-refractivity contribution is 5.83. The standard InChI is InChI=1S/C17H23N3O3/c1-11-14-9-18-20-15(14)6-7-16(11)23-13-5-3-4-12(8-13)19-17(21)10-22-2/h6-7,9,12-13H,3-5,8,10H2,1-2H3,(H,18,20)(H,19,21)/t12-,13+/m0/s1. The van der Waals surface area contributed by atoms with Gasteiger partial charge in [0.15, 0.2) is 0 Å². The van der Waals surface area contributed by atoms with Gasteiger partial charge in [-0.1, -0.05) is 0 Å². The van der Waals surface area contributed by atoms with Crippen LogP contribution in [-0.4, -0.2) is 42.0 Å². The molecule has 0 aliphatic heterocycles. The Hall–Kier alpha value is -2.08. The Labute approximate surface area is 135 Å². The molecule has 124 valence electrons. The van der Waals surface area contributed by atoms with Crippen molar-refractivity contribution in [1.29, 1.82) is 0 Å². The van der Waals surface area contributed by atoms with E-state index < -0.39 is 0 Å². The highest BCUT2D eigenvalue weighted by Gasteiger charge is 2.25. The van der Waals surface area contributed by atoms with Gasteiger partial charge in [-0.05, 0) is 38.3 Å². The monoisotopic (exact) mass is 317 g/mol. The summed E-state index contributed by atoms with van der Waals surface area (Å²) in [5.41, 5.74) is 2.12. The molecule has 1 fully saturated rings. The minimum atomic E-state index is -0.0610. The zero-order valence-electron chi connectivity index (χ0n) is 13.6. The van der Waals surface area contributed by atoms with Crippen LogP contribution < -0.4 is 10.1 Å². The third-order valence-electron chi connectivity index (χ3n) is 4.40. The normalized spacial score (nSPS) is 21.3. The van der Waals surface area contributed by atoms with Gasteiger partial charge >= 0.3 is 0 Å². The predicted molar refractivity (Wildman–Crippen MR) is 87.5 cm³/mol. The SMILES string of the molecule is COCC(=O)N[C@H]1CCC[C@@H](Oc2ccc3[nH]ncc3c2C)C1. The summed E-state index contributed by atoms with van der Waals surface area (Å²) in [5, 5.41) is 11.1. The van der Waals surface area contributed by atoms with Crippen molar-refractivity contribution in [3.05, 3.63) is 23.9 Å². The number of nitrogens with one attached hydrogen (secondary N) is 2. The van der Waals surface area contributed by atoms with Crippen molar-refractivity contribution in [2.24, 2.45) is 0 Å². The second-order valence-electron chi connectivity index (χ2n) is 6.12. The van der Waals surface area contributed by atoms with Gasteiger partial charge in [0.1, 0.15) is 18.5 Å². The predicted octanol–water partition coefficient (Wildman–Crippen LogP) is 2.32. The molecular weight excluding hydrogens is 294 g/mol. The van der Waals surface area contributed by atoms with E-state index in [4.69, 9.17) is 9.47 Å². The number of nitrogens with zero attached hydrogens (tertiary/aromatic N) is 1. The van der Waals surface area contributed by atoms with E-state index in [1.54, 1.807) is 0 Å². The van der Waals surface area contributed by atoms with Crippen LogP contribution in [0.5, 0.6) is 5.75 Å². The number of ether oxygens (including phenoxy) is 2. The first-order valence-corrected chi connectivity index (χ1v) is 8.05. The zero-order chi connectivity index (χ0) is 16.2. The third kappa shape index (κ3) is 3.64. The lowest BCUT2D eigenvalue weighted by atomic mass is 9.92. The molecule has 1 heterocycles. The van der Waals surface area contributed by atoms with E-state index in [9.17, 15) is 4.79 Å². The molecule has 2 N–H and O–H groups in total. The number of aryl methyl sites for hydroxylation is 1. The van der Waals surface area contributed by atoms with Crippen LogP contribution in [-0.2, 0) is 9.53 Å². The third-order valence-corrected chi connectivity index (χ3v) is 4.40. The summed E-state index contributed by atoms with van der Waals surface area (Å²) < 4.78 is 11.1. The number of rotatable bonds is 5. The largest absolute Gasteiger partial charge is 0.490 e. The number of methoxy groups -OCH3 is 1. The van der Waals surface area contributed by atoms with Gasteiger partial charge in [0, 0.05) is 30.5 Å². The summed E-state index contributed by atoms with van der Waals surface area (Å²) in [6.45, 7) is 2.16. The Morgan fingerprint density at radius 1 is 1.43 bits per heavy atom. The minimum Gasteiger partial charge on any atom is -0.490 e. The smallest absolute Gasteiger partial charge is 0.246 e. The second kappa shape index (κ2) is 7.00. The van der Waals surface area contributed by atoms with Gasteiger partial charge in [0.2, 0.25) is 5.91 Å². The van der Waals surface area contributed by atoms with Crippen molar-refractivity contribution >= 4 is 16.8 Å². The zero-order valence-corrected chi connectivity index (χ0v) is 13.6. The number of aromatic amines is 1. The minimum absolute atomic E-state index is 0.0610. The molecule has 0 bridgehead atoms. The van der Waals surface area contributed by atoms with Gasteiger partial charge < -0.3 is 14.8 Å². The van der Waals surface area contributed by atoms with E-state index in [0.717, 1.165) is 47.9 Å². The fourth-order valence-electron chi connectivity index (χ4n) is 3.23. The number of aromatic nitrogens is 2. The number of carbonyl (C=O) groups is 1. The highest BCUT2D eigenvalue weighted by atomic mass is 16.5. The lowest BCUT2D eigenvalue weighted by molar-refractivity contribution is -0.125. The number of benzene rings is 1. The highest BCUT2D eigenvalue weighted by Crippen LogP contribution is 2.29. The number of hydrogen-bond acceptors (Lipinski definition) is 4. The van der Waals surface area contributed by atoms with Crippen molar-refractivity contribution in [3.63, 3.8) is 0 Å². The molecule has 3 rings (SSSR count). The molecule has 23 heavy (non-hydrogen) atoms. The van der Waals surface area contributed by atoms with Crippen LogP contribution in [0.2, 0.25) is 0 Å². The van der Waals surface area contributed by atoms with E-state index in [1.807, 2.05) is 25.3 Å². The maximum Gasteiger partial charge on any atom is 0.246 e. The Morgan fingerprint density at radius 3 is 3.13 bits per heavy atom. The Kier molecular flexibility index (Phi) is 4.81. The lowest BCUT2D eigenvalue weighted by Crippen LogP contribution is -2.42. The van der Waals surface area contributed by atoms with Crippen molar-refractivity contribution < 1.29 is 14.3 Å². The van der Waals surface area contributed by atoms with Crippen LogP contribution in [0, 0.1) is 6.92 Å². The van der Waals surface area contributed by atoms with Gasteiger partial charge in [-0.2, -0.15) is 5.10 Å². The molecule has 1 aliphatic rings. The first-order valence-electron chi connectivity index (χ1n) is 8.05. The number of hydrogen-bond donors (Lipinski definition) is 2. The summed E-state index contributed by atoms with van der Waals surface area (Å²) >= 11 is 0. The lowest BCUT2D eigenvalue weighted by Gasteiger charge is -2.30. The molecule has 0 unspecified atom stereocenters. The van der Waals surface area contributed by atoms with Crippen LogP contribution in [0.15, 0.2) is 18.3 Å². The van der Waals surface area contributed by atoms with Crippen molar-refractivity contribution in [3.8, 4) is 5.75 Å². The summed E-state index contributed by atoms with van der Waals surface area (Å²) in [6.07, 6.45) is 5.84. The van der Waals surface area contributed by atoms with Crippen LogP contribution in [0.3, 0.4) is 0 Å². The molecule has 2 atom stereocenters. The molecule has 0 spiro atoms. The average molecular weight is 317 g/mol. The fourth-order valence-corrected chi connectivity index (χ4v) is 3.23. The topological polar surface area (TPSA) is 76.2 Å². The van der Waals surface area contributed by atoms with E-state index in [1.165, 1.54) is 7.11 Å². The van der Waals surface area contributed by atoms with Gasteiger partial charge in [-0.15, -0.1) is 0 Å². The van der Waals surface area contributed by atoms with Gasteiger partial charge in [0.25, 0.3) is 0 Å². The van der Waals surface area contributed by atoms with Gasteiger partial charge in [-0.3, -0.25) is 9.89 Å². The van der Waals surface area contributed by atoms with Crippen molar-refractivity contribution in [1.82, 2.24) is 15.5 Å². The molecule has 6 heteroatoms. The van der Waals surface area contributed by atoms with E-state index >= 15 is 0 Å². The summed E-state index contributed by atoms with van der Waals surface area (Å²) in [4.78, 5) is 11.7. The molecule has 0 saturated heterocycles. The molecule has 1 aromatic heterocycles. The van der Waals surface area contributed by atoms with E-state index in [2.05, 4.69) is 15.5 Å². The second-order valence-corrected chi connectivity index (χ2v) is 6.12. The molecule has 1 saturated carbocycles. The quantitative estimate of drug-likeness (QED) is 0.887. The summed E-state index contributed by atoms with van der Waals surface area (Å²) in [5.74, 6) is 0.835. The van der Waals surface area contributed by atoms with Gasteiger partial charge in [-0.25, -0.2) is 0 Å². The van der Waals surface area contributed by atoms with Crippen LogP contribution in [0.1, 0.15) is 31.2 Å². The Balaban J connectivity index is 1.64. The number of H-pyrrole nitrogens is 1. The number of fused-ring (bicyclic) bond motifs is 1. The molecule has 1 aromatic carbocycles. The molecule has 0 radical (unpaired) electrons. The van der Waals surface area contributed by atoms with E-state index in [-0.39, 0.29) is 24.7 Å². The molecule has 6 nitrogen and oxygen atoms in total. The first-order chi connectivity index (χ1) is 11.2. The maximum atomic E-state index is 11.7. The number of amides is 1. The summed E-state index contributed by atoms with van der Waals surface area (Å²) in [6, 6.07) is 4.14. The molecular formula is C17H23N3O3. The van der Waals surface area contributed by atoms with Crippen LogP contribution in [0.25, 0.3) is 10.9 Å². The maximum absolute atomic E-state index is 11.7. The fraction of sp³-hybridized carbons (Fsp3) is 0.529. The Bertz CT molecular complexity index is 683. The average Bonchev–Trinajstić information content (AvgIpc) is 3.00. The van der Waals surface area contributed by atoms with Crippen molar-refractivity contribution in [2.45, 2.75) is 44.8 Å².